The molecular formula is C21H18N4O2. The molecule has 0 radical (unpaired) electrons. The monoisotopic (exact) mass is 358 g/mol. The number of amides is 2. The van der Waals surface area contributed by atoms with Crippen molar-refractivity contribution in [3.05, 3.63) is 90.1 Å². The van der Waals surface area contributed by atoms with Crippen LogP contribution in [0.2, 0.25) is 0 Å². The summed E-state index contributed by atoms with van der Waals surface area (Å²) in [5, 5.41) is 6.11. The number of carbonyl (C=O) groups is 2. The molecule has 2 N–H and O–H groups in total. The molecule has 2 amide bonds. The minimum Gasteiger partial charge on any atom is -0.361 e. The number of hydrogen-bond donors (Lipinski definition) is 2. The van der Waals surface area contributed by atoms with E-state index in [9.17, 15) is 9.59 Å². The topological polar surface area (TPSA) is 74.3 Å². The van der Waals surface area contributed by atoms with Crippen LogP contribution in [0.4, 0.5) is 11.5 Å². The summed E-state index contributed by atoms with van der Waals surface area (Å²) < 4.78 is 0. The molecule has 0 unspecified atom stereocenters. The molecule has 0 fully saturated rings. The first-order valence-corrected chi connectivity index (χ1v) is 8.65. The lowest BCUT2D eigenvalue weighted by atomic mass is 10.0. The van der Waals surface area contributed by atoms with E-state index in [4.69, 9.17) is 0 Å². The Morgan fingerprint density at radius 2 is 1.74 bits per heavy atom. The second-order valence-corrected chi connectivity index (χ2v) is 6.20. The second kappa shape index (κ2) is 7.29. The van der Waals surface area contributed by atoms with Gasteiger partial charge in [0.25, 0.3) is 5.91 Å². The van der Waals surface area contributed by atoms with Gasteiger partial charge in [-0.15, -0.1) is 0 Å². The van der Waals surface area contributed by atoms with Crippen molar-refractivity contribution in [3.63, 3.8) is 0 Å². The van der Waals surface area contributed by atoms with Gasteiger partial charge in [0.2, 0.25) is 5.91 Å². The Balaban J connectivity index is 1.63. The predicted molar refractivity (Wildman–Crippen MR) is 103 cm³/mol. The predicted octanol–water partition coefficient (Wildman–Crippen LogP) is 3.29. The third-order valence-electron chi connectivity index (χ3n) is 4.38. The van der Waals surface area contributed by atoms with Gasteiger partial charge in [0.1, 0.15) is 18.5 Å². The number of fused-ring (bicyclic) bond motifs is 1. The Morgan fingerprint density at radius 3 is 2.52 bits per heavy atom. The van der Waals surface area contributed by atoms with Gasteiger partial charge < -0.3 is 15.5 Å². The quantitative estimate of drug-likeness (QED) is 0.751. The van der Waals surface area contributed by atoms with Crippen molar-refractivity contribution in [2.75, 3.05) is 17.2 Å². The summed E-state index contributed by atoms with van der Waals surface area (Å²) in [6.07, 6.45) is 1.18. The molecule has 1 aliphatic rings. The number of aromatic nitrogens is 1. The van der Waals surface area contributed by atoms with E-state index in [1.807, 2.05) is 48.5 Å². The van der Waals surface area contributed by atoms with Crippen LogP contribution >= 0.6 is 0 Å². The van der Waals surface area contributed by atoms with Gasteiger partial charge in [-0.3, -0.25) is 9.59 Å². The Hall–Kier alpha value is -3.67. The number of hydrogen-bond acceptors (Lipinski definition) is 4. The summed E-state index contributed by atoms with van der Waals surface area (Å²) in [7, 11) is 0. The van der Waals surface area contributed by atoms with E-state index in [1.165, 1.54) is 4.90 Å². The lowest BCUT2D eigenvalue weighted by Gasteiger charge is -2.37. The Morgan fingerprint density at radius 1 is 1.00 bits per heavy atom. The molecule has 134 valence electrons. The Bertz CT molecular complexity index is 960. The third-order valence-corrected chi connectivity index (χ3v) is 4.38. The Kier molecular flexibility index (Phi) is 4.53. The van der Waals surface area contributed by atoms with Crippen molar-refractivity contribution in [1.82, 2.24) is 9.88 Å². The normalized spacial score (nSPS) is 15.6. The molecule has 0 aliphatic carbocycles. The van der Waals surface area contributed by atoms with Crippen LogP contribution in [0.25, 0.3) is 0 Å². The SMILES string of the molecule is O=C(CN1C(=O)c2ccccc2N[C@@H]1c1ccccc1)Nc1ccccn1. The number of rotatable bonds is 4. The van der Waals surface area contributed by atoms with Crippen molar-refractivity contribution in [3.8, 4) is 0 Å². The van der Waals surface area contributed by atoms with Gasteiger partial charge in [-0.25, -0.2) is 4.98 Å². The highest BCUT2D eigenvalue weighted by Crippen LogP contribution is 2.32. The van der Waals surface area contributed by atoms with E-state index < -0.39 is 6.17 Å². The highest BCUT2D eigenvalue weighted by molar-refractivity contribution is 6.04. The summed E-state index contributed by atoms with van der Waals surface area (Å²) in [6.45, 7) is -0.0870. The first-order valence-electron chi connectivity index (χ1n) is 8.65. The maximum absolute atomic E-state index is 13.1. The smallest absolute Gasteiger partial charge is 0.258 e. The molecule has 0 saturated carbocycles. The van der Waals surface area contributed by atoms with Gasteiger partial charge >= 0.3 is 0 Å². The summed E-state index contributed by atoms with van der Waals surface area (Å²) in [4.78, 5) is 31.3. The zero-order valence-corrected chi connectivity index (χ0v) is 14.5. The molecular weight excluding hydrogens is 340 g/mol. The number of para-hydroxylation sites is 1. The minimum absolute atomic E-state index is 0.0870. The average Bonchev–Trinajstić information content (AvgIpc) is 2.71. The van der Waals surface area contributed by atoms with E-state index in [0.29, 0.717) is 11.4 Å². The molecule has 1 aromatic heterocycles. The zero-order chi connectivity index (χ0) is 18.6. The van der Waals surface area contributed by atoms with Crippen molar-refractivity contribution >= 4 is 23.3 Å². The summed E-state index contributed by atoms with van der Waals surface area (Å²) in [6, 6.07) is 22.2. The maximum Gasteiger partial charge on any atom is 0.258 e. The first-order chi connectivity index (χ1) is 13.2. The van der Waals surface area contributed by atoms with Gasteiger partial charge in [-0.1, -0.05) is 48.5 Å². The number of anilines is 2. The van der Waals surface area contributed by atoms with E-state index in [0.717, 1.165) is 11.3 Å². The van der Waals surface area contributed by atoms with E-state index >= 15 is 0 Å². The molecule has 2 aromatic carbocycles. The number of pyridine rings is 1. The lowest BCUT2D eigenvalue weighted by molar-refractivity contribution is -0.117. The maximum atomic E-state index is 13.1. The second-order valence-electron chi connectivity index (χ2n) is 6.20. The lowest BCUT2D eigenvalue weighted by Crippen LogP contribution is -2.46. The molecule has 2 heterocycles. The fourth-order valence-corrected chi connectivity index (χ4v) is 3.13. The van der Waals surface area contributed by atoms with E-state index in [-0.39, 0.29) is 18.4 Å². The number of nitrogens with one attached hydrogen (secondary N) is 2. The van der Waals surface area contributed by atoms with Gasteiger partial charge in [-0.2, -0.15) is 0 Å². The fourth-order valence-electron chi connectivity index (χ4n) is 3.13. The minimum atomic E-state index is -0.428. The summed E-state index contributed by atoms with van der Waals surface area (Å²) in [5.74, 6) is -0.0323. The standard InChI is InChI=1S/C21H18N4O2/c26-19(24-18-12-6-7-13-22-18)14-25-20(15-8-2-1-3-9-15)23-17-11-5-4-10-16(17)21(25)27/h1-13,20,23H,14H2,(H,22,24,26)/t20-/m0/s1. The fraction of sp³-hybridized carbons (Fsp3) is 0.0952. The molecule has 3 aromatic rings. The van der Waals surface area contributed by atoms with Gasteiger partial charge in [0, 0.05) is 11.9 Å². The van der Waals surface area contributed by atoms with Crippen LogP contribution < -0.4 is 10.6 Å². The number of carbonyl (C=O) groups excluding carboxylic acids is 2. The van der Waals surface area contributed by atoms with Crippen LogP contribution in [0, 0.1) is 0 Å². The van der Waals surface area contributed by atoms with Crippen LogP contribution in [0.1, 0.15) is 22.1 Å². The molecule has 1 atom stereocenters. The van der Waals surface area contributed by atoms with Crippen LogP contribution in [-0.2, 0) is 4.79 Å². The van der Waals surface area contributed by atoms with E-state index in [1.54, 1.807) is 30.5 Å². The Labute approximate surface area is 156 Å². The van der Waals surface area contributed by atoms with Crippen LogP contribution in [0.15, 0.2) is 79.0 Å². The summed E-state index contributed by atoms with van der Waals surface area (Å²) >= 11 is 0. The number of nitrogens with zero attached hydrogens (tertiary/aromatic N) is 2. The molecule has 0 saturated heterocycles. The molecule has 6 heteroatoms. The van der Waals surface area contributed by atoms with Gasteiger partial charge in [0.15, 0.2) is 0 Å². The molecule has 0 spiro atoms. The van der Waals surface area contributed by atoms with Crippen molar-refractivity contribution in [2.45, 2.75) is 6.17 Å². The molecule has 27 heavy (non-hydrogen) atoms. The molecule has 0 bridgehead atoms. The van der Waals surface area contributed by atoms with Crippen LogP contribution in [-0.4, -0.2) is 28.2 Å². The molecule has 4 rings (SSSR count). The molecule has 1 aliphatic heterocycles. The molecule has 6 nitrogen and oxygen atoms in total. The highest BCUT2D eigenvalue weighted by Gasteiger charge is 2.33. The van der Waals surface area contributed by atoms with Gasteiger partial charge in [0.05, 0.1) is 5.56 Å². The first kappa shape index (κ1) is 16.8. The number of benzene rings is 2. The zero-order valence-electron chi connectivity index (χ0n) is 14.5. The van der Waals surface area contributed by atoms with E-state index in [2.05, 4.69) is 15.6 Å². The van der Waals surface area contributed by atoms with Crippen LogP contribution in [0.3, 0.4) is 0 Å². The third kappa shape index (κ3) is 3.50. The van der Waals surface area contributed by atoms with Crippen molar-refractivity contribution in [2.24, 2.45) is 0 Å². The van der Waals surface area contributed by atoms with Crippen LogP contribution in [0.5, 0.6) is 0 Å². The summed E-state index contributed by atoms with van der Waals surface area (Å²) in [5.41, 5.74) is 2.22. The average molecular weight is 358 g/mol. The highest BCUT2D eigenvalue weighted by atomic mass is 16.2. The van der Waals surface area contributed by atoms with Gasteiger partial charge in [-0.05, 0) is 29.8 Å². The van der Waals surface area contributed by atoms with Crippen molar-refractivity contribution in [1.29, 1.82) is 0 Å². The van der Waals surface area contributed by atoms with Crippen molar-refractivity contribution < 1.29 is 9.59 Å². The largest absolute Gasteiger partial charge is 0.361 e.